The lowest BCUT2D eigenvalue weighted by Crippen LogP contribution is -2.37. The number of rotatable bonds is 0. The summed E-state index contributed by atoms with van der Waals surface area (Å²) in [5, 5.41) is 9.31. The maximum Gasteiger partial charge on any atom is 0.0800 e. The van der Waals surface area contributed by atoms with E-state index in [-0.39, 0.29) is 11.7 Å². The van der Waals surface area contributed by atoms with Crippen molar-refractivity contribution in [3.63, 3.8) is 0 Å². The van der Waals surface area contributed by atoms with Crippen molar-refractivity contribution in [3.05, 3.63) is 0 Å². The molecule has 1 unspecified atom stereocenters. The topological polar surface area (TPSA) is 29.5 Å². The third kappa shape index (κ3) is 0.956. The Morgan fingerprint density at radius 2 is 2.20 bits per heavy atom. The Balaban J connectivity index is 1.98. The van der Waals surface area contributed by atoms with Gasteiger partial charge in [0.2, 0.25) is 0 Å². The minimum absolute atomic E-state index is 0.216. The molecule has 1 N–H and O–H groups in total. The van der Waals surface area contributed by atoms with Gasteiger partial charge in [-0.3, -0.25) is 0 Å². The van der Waals surface area contributed by atoms with Gasteiger partial charge in [-0.15, -0.1) is 0 Å². The Labute approximate surface area is 61.2 Å². The fourth-order valence-corrected chi connectivity index (χ4v) is 1.70. The van der Waals surface area contributed by atoms with Gasteiger partial charge in [0, 0.05) is 0 Å². The molecular formula is C8H14O2. The van der Waals surface area contributed by atoms with Gasteiger partial charge in [0.25, 0.3) is 0 Å². The summed E-state index contributed by atoms with van der Waals surface area (Å²) < 4.78 is 5.51. The molecule has 2 atom stereocenters. The zero-order chi connectivity index (χ0) is 7.19. The Morgan fingerprint density at radius 3 is 2.70 bits per heavy atom. The average molecular weight is 142 g/mol. The van der Waals surface area contributed by atoms with Crippen molar-refractivity contribution >= 4 is 0 Å². The first kappa shape index (κ1) is 6.62. The van der Waals surface area contributed by atoms with Crippen LogP contribution in [0.4, 0.5) is 0 Å². The summed E-state index contributed by atoms with van der Waals surface area (Å²) in [5.74, 6) is 0.441. The summed E-state index contributed by atoms with van der Waals surface area (Å²) >= 11 is 0. The van der Waals surface area contributed by atoms with E-state index in [0.717, 1.165) is 6.42 Å². The molecule has 0 amide bonds. The summed E-state index contributed by atoms with van der Waals surface area (Å²) in [6.07, 6.45) is 3.27. The molecule has 1 aliphatic heterocycles. The van der Waals surface area contributed by atoms with Crippen molar-refractivity contribution in [2.24, 2.45) is 5.92 Å². The molecule has 2 aliphatic rings. The summed E-state index contributed by atoms with van der Waals surface area (Å²) in [4.78, 5) is 0. The molecule has 0 aromatic carbocycles. The molecule has 2 nitrogen and oxygen atoms in total. The van der Waals surface area contributed by atoms with E-state index in [1.165, 1.54) is 12.8 Å². The lowest BCUT2D eigenvalue weighted by molar-refractivity contribution is -0.0970. The Morgan fingerprint density at radius 1 is 1.50 bits per heavy atom. The second-order valence-electron chi connectivity index (χ2n) is 3.74. The predicted molar refractivity (Wildman–Crippen MR) is 37.7 cm³/mol. The molecule has 1 saturated heterocycles. The molecule has 0 aromatic rings. The van der Waals surface area contributed by atoms with Gasteiger partial charge in [0.15, 0.2) is 0 Å². The number of hydrogen-bond donors (Lipinski definition) is 1. The normalized spacial score (nSPS) is 43.8. The lowest BCUT2D eigenvalue weighted by Gasteiger charge is -2.31. The second kappa shape index (κ2) is 1.95. The predicted octanol–water partition coefficient (Wildman–Crippen LogP) is 0.936. The van der Waals surface area contributed by atoms with E-state index in [2.05, 4.69) is 6.92 Å². The third-order valence-electron chi connectivity index (χ3n) is 2.72. The van der Waals surface area contributed by atoms with Gasteiger partial charge < -0.3 is 9.84 Å². The first-order valence-electron chi connectivity index (χ1n) is 4.04. The Hall–Kier alpha value is -0.0800. The van der Waals surface area contributed by atoms with Crippen molar-refractivity contribution in [1.29, 1.82) is 0 Å². The highest BCUT2D eigenvalue weighted by Gasteiger charge is 2.48. The SMILES string of the molecule is C[C@@H]1CC2(CC2)OCC1O. The van der Waals surface area contributed by atoms with E-state index in [4.69, 9.17) is 4.74 Å². The van der Waals surface area contributed by atoms with Crippen LogP contribution in [0.15, 0.2) is 0 Å². The van der Waals surface area contributed by atoms with E-state index < -0.39 is 0 Å². The zero-order valence-corrected chi connectivity index (χ0v) is 6.34. The van der Waals surface area contributed by atoms with E-state index in [0.29, 0.717) is 12.5 Å². The second-order valence-corrected chi connectivity index (χ2v) is 3.74. The lowest BCUT2D eigenvalue weighted by atomic mass is 9.94. The van der Waals surface area contributed by atoms with Crippen LogP contribution >= 0.6 is 0 Å². The molecule has 0 radical (unpaired) electrons. The molecule has 2 fully saturated rings. The Bertz CT molecular complexity index is 140. The van der Waals surface area contributed by atoms with Crippen molar-refractivity contribution in [2.45, 2.75) is 37.9 Å². The Kier molecular flexibility index (Phi) is 1.29. The fourth-order valence-electron chi connectivity index (χ4n) is 1.70. The van der Waals surface area contributed by atoms with Crippen LogP contribution in [0, 0.1) is 5.92 Å². The van der Waals surface area contributed by atoms with Crippen LogP contribution in [-0.4, -0.2) is 23.4 Å². The maximum absolute atomic E-state index is 9.31. The van der Waals surface area contributed by atoms with Crippen LogP contribution in [0.3, 0.4) is 0 Å². The van der Waals surface area contributed by atoms with Gasteiger partial charge in [0.1, 0.15) is 0 Å². The fraction of sp³-hybridized carbons (Fsp3) is 1.00. The summed E-state index contributed by atoms with van der Waals surface area (Å²) in [7, 11) is 0. The number of ether oxygens (including phenoxy) is 1. The average Bonchev–Trinajstić information content (AvgIpc) is 2.62. The highest BCUT2D eigenvalue weighted by Crippen LogP contribution is 2.47. The smallest absolute Gasteiger partial charge is 0.0800 e. The highest BCUT2D eigenvalue weighted by molar-refractivity contribution is 5.00. The molecule has 0 aromatic heterocycles. The van der Waals surface area contributed by atoms with Crippen LogP contribution in [0.1, 0.15) is 26.2 Å². The molecule has 1 aliphatic carbocycles. The van der Waals surface area contributed by atoms with Gasteiger partial charge in [-0.05, 0) is 25.2 Å². The van der Waals surface area contributed by atoms with E-state index in [1.807, 2.05) is 0 Å². The first-order chi connectivity index (χ1) is 4.72. The van der Waals surface area contributed by atoms with E-state index in [1.54, 1.807) is 0 Å². The van der Waals surface area contributed by atoms with Crippen LogP contribution in [-0.2, 0) is 4.74 Å². The highest BCUT2D eigenvalue weighted by atomic mass is 16.5. The van der Waals surface area contributed by atoms with Crippen LogP contribution in [0.5, 0.6) is 0 Å². The molecule has 58 valence electrons. The summed E-state index contributed by atoms with van der Waals surface area (Å²) in [5.41, 5.74) is 0.221. The summed E-state index contributed by atoms with van der Waals surface area (Å²) in [6, 6.07) is 0. The van der Waals surface area contributed by atoms with Gasteiger partial charge in [-0.2, -0.15) is 0 Å². The molecule has 1 saturated carbocycles. The van der Waals surface area contributed by atoms with Gasteiger partial charge in [0.05, 0.1) is 18.3 Å². The standard InChI is InChI=1S/C8H14O2/c1-6-4-8(2-3-8)10-5-7(6)9/h6-7,9H,2-5H2,1H3/t6-,7?/m1/s1. The van der Waals surface area contributed by atoms with Crippen molar-refractivity contribution in [3.8, 4) is 0 Å². The monoisotopic (exact) mass is 142 g/mol. The molecule has 10 heavy (non-hydrogen) atoms. The number of aliphatic hydroxyl groups is 1. The number of aliphatic hydroxyl groups excluding tert-OH is 1. The molecule has 2 rings (SSSR count). The van der Waals surface area contributed by atoms with E-state index >= 15 is 0 Å². The van der Waals surface area contributed by atoms with Gasteiger partial charge >= 0.3 is 0 Å². The first-order valence-corrected chi connectivity index (χ1v) is 4.04. The van der Waals surface area contributed by atoms with Gasteiger partial charge in [-0.1, -0.05) is 6.92 Å². The molecule has 1 spiro atoms. The molecular weight excluding hydrogens is 128 g/mol. The number of hydrogen-bond acceptors (Lipinski definition) is 2. The van der Waals surface area contributed by atoms with Crippen LogP contribution in [0.25, 0.3) is 0 Å². The third-order valence-corrected chi connectivity index (χ3v) is 2.72. The van der Waals surface area contributed by atoms with Crippen molar-refractivity contribution in [2.75, 3.05) is 6.61 Å². The minimum Gasteiger partial charge on any atom is -0.390 e. The van der Waals surface area contributed by atoms with E-state index in [9.17, 15) is 5.11 Å². The minimum atomic E-state index is -0.216. The molecule has 2 heteroatoms. The zero-order valence-electron chi connectivity index (χ0n) is 6.34. The summed E-state index contributed by atoms with van der Waals surface area (Å²) in [6.45, 7) is 2.66. The molecule has 1 heterocycles. The van der Waals surface area contributed by atoms with Crippen LogP contribution < -0.4 is 0 Å². The largest absolute Gasteiger partial charge is 0.390 e. The van der Waals surface area contributed by atoms with Crippen molar-refractivity contribution in [1.82, 2.24) is 0 Å². The molecule has 0 bridgehead atoms. The van der Waals surface area contributed by atoms with Crippen molar-refractivity contribution < 1.29 is 9.84 Å². The maximum atomic E-state index is 9.31. The van der Waals surface area contributed by atoms with Gasteiger partial charge in [-0.25, -0.2) is 0 Å². The van der Waals surface area contributed by atoms with Crippen LogP contribution in [0.2, 0.25) is 0 Å². The quantitative estimate of drug-likeness (QED) is 0.545.